The van der Waals surface area contributed by atoms with Crippen LogP contribution in [0.4, 0.5) is 0 Å². The summed E-state index contributed by atoms with van der Waals surface area (Å²) in [4.78, 5) is 11.7. The third-order valence-electron chi connectivity index (χ3n) is 3.46. The van der Waals surface area contributed by atoms with Crippen molar-refractivity contribution in [2.24, 2.45) is 0 Å². The van der Waals surface area contributed by atoms with Crippen molar-refractivity contribution in [2.45, 2.75) is 45.8 Å². The summed E-state index contributed by atoms with van der Waals surface area (Å²) in [7, 11) is 0. The fourth-order valence-electron chi connectivity index (χ4n) is 2.41. The number of aromatic hydroxyl groups is 1. The van der Waals surface area contributed by atoms with Crippen LogP contribution in [-0.4, -0.2) is 23.8 Å². The van der Waals surface area contributed by atoms with Crippen LogP contribution in [-0.2, 0) is 16.0 Å². The minimum atomic E-state index is -0.164. The molecule has 0 radical (unpaired) electrons. The van der Waals surface area contributed by atoms with Gasteiger partial charge < -0.3 is 9.84 Å². The van der Waals surface area contributed by atoms with Crippen molar-refractivity contribution >= 4 is 5.97 Å². The molecule has 1 atom stereocenters. The summed E-state index contributed by atoms with van der Waals surface area (Å²) in [5, 5.41) is 12.8. The van der Waals surface area contributed by atoms with Crippen molar-refractivity contribution in [1.29, 1.82) is 0 Å². The molecular weight excluding hydrogens is 242 g/mol. The monoisotopic (exact) mass is 263 g/mol. The van der Waals surface area contributed by atoms with E-state index in [1.54, 1.807) is 0 Å². The lowest BCUT2D eigenvalue weighted by molar-refractivity contribution is -0.149. The SMILES string of the molecule is Cc1cc(CCC(=O)OC2CCCN2)cc(C)c1O. The summed E-state index contributed by atoms with van der Waals surface area (Å²) in [6.07, 6.45) is 2.89. The lowest BCUT2D eigenvalue weighted by Gasteiger charge is -2.12. The molecule has 0 spiro atoms. The predicted octanol–water partition coefficient (Wildman–Crippen LogP) is 2.19. The maximum absolute atomic E-state index is 11.7. The van der Waals surface area contributed by atoms with Gasteiger partial charge in [0.05, 0.1) is 0 Å². The largest absolute Gasteiger partial charge is 0.507 e. The molecule has 2 rings (SSSR count). The van der Waals surface area contributed by atoms with E-state index in [1.807, 2.05) is 26.0 Å². The molecule has 1 aliphatic rings. The Morgan fingerprint density at radius 2 is 2.11 bits per heavy atom. The average molecular weight is 263 g/mol. The second-order valence-electron chi connectivity index (χ2n) is 5.15. The zero-order valence-corrected chi connectivity index (χ0v) is 11.5. The van der Waals surface area contributed by atoms with Crippen molar-refractivity contribution in [3.05, 3.63) is 28.8 Å². The molecule has 0 aromatic heterocycles. The van der Waals surface area contributed by atoms with Crippen LogP contribution in [0.2, 0.25) is 0 Å². The quantitative estimate of drug-likeness (QED) is 0.818. The van der Waals surface area contributed by atoms with Gasteiger partial charge in [-0.1, -0.05) is 12.1 Å². The summed E-state index contributed by atoms with van der Waals surface area (Å²) < 4.78 is 5.32. The Labute approximate surface area is 113 Å². The van der Waals surface area contributed by atoms with Crippen LogP contribution in [0.1, 0.15) is 36.0 Å². The number of rotatable bonds is 4. The van der Waals surface area contributed by atoms with Gasteiger partial charge in [0.1, 0.15) is 5.75 Å². The van der Waals surface area contributed by atoms with Crippen LogP contribution < -0.4 is 5.32 Å². The van der Waals surface area contributed by atoms with Crippen molar-refractivity contribution < 1.29 is 14.6 Å². The summed E-state index contributed by atoms with van der Waals surface area (Å²) in [5.74, 6) is 0.171. The zero-order chi connectivity index (χ0) is 13.8. The highest BCUT2D eigenvalue weighted by Crippen LogP contribution is 2.23. The average Bonchev–Trinajstić information content (AvgIpc) is 2.86. The van der Waals surface area contributed by atoms with E-state index < -0.39 is 0 Å². The van der Waals surface area contributed by atoms with E-state index in [0.717, 1.165) is 36.1 Å². The van der Waals surface area contributed by atoms with Gasteiger partial charge in [0.2, 0.25) is 0 Å². The normalized spacial score (nSPS) is 18.5. The second kappa shape index (κ2) is 6.06. The third-order valence-corrected chi connectivity index (χ3v) is 3.46. The summed E-state index contributed by atoms with van der Waals surface area (Å²) in [5.41, 5.74) is 2.76. The molecular formula is C15H21NO3. The maximum atomic E-state index is 11.7. The lowest BCUT2D eigenvalue weighted by atomic mass is 10.0. The van der Waals surface area contributed by atoms with Gasteiger partial charge in [-0.15, -0.1) is 0 Å². The summed E-state index contributed by atoms with van der Waals surface area (Å²) >= 11 is 0. The molecule has 0 saturated carbocycles. The van der Waals surface area contributed by atoms with E-state index in [1.165, 1.54) is 0 Å². The summed E-state index contributed by atoms with van der Waals surface area (Å²) in [6.45, 7) is 4.66. The van der Waals surface area contributed by atoms with E-state index in [-0.39, 0.29) is 12.2 Å². The summed E-state index contributed by atoms with van der Waals surface area (Å²) in [6, 6.07) is 3.84. The Bertz CT molecular complexity index is 441. The molecule has 1 heterocycles. The first-order valence-electron chi connectivity index (χ1n) is 6.78. The number of phenolic OH excluding ortho intramolecular Hbond substituents is 1. The minimum absolute atomic E-state index is 0.101. The van der Waals surface area contributed by atoms with Crippen LogP contribution >= 0.6 is 0 Å². The second-order valence-corrected chi connectivity index (χ2v) is 5.15. The number of aryl methyl sites for hydroxylation is 3. The van der Waals surface area contributed by atoms with Gasteiger partial charge in [0.15, 0.2) is 6.23 Å². The smallest absolute Gasteiger partial charge is 0.307 e. The maximum Gasteiger partial charge on any atom is 0.307 e. The molecule has 1 aliphatic heterocycles. The molecule has 0 bridgehead atoms. The number of hydrogen-bond acceptors (Lipinski definition) is 4. The molecule has 2 N–H and O–H groups in total. The van der Waals surface area contributed by atoms with Crippen molar-refractivity contribution in [1.82, 2.24) is 5.32 Å². The van der Waals surface area contributed by atoms with Gasteiger partial charge in [0.25, 0.3) is 0 Å². The predicted molar refractivity (Wildman–Crippen MR) is 73.0 cm³/mol. The van der Waals surface area contributed by atoms with Crippen molar-refractivity contribution in [3.63, 3.8) is 0 Å². The first-order valence-corrected chi connectivity index (χ1v) is 6.78. The van der Waals surface area contributed by atoms with Gasteiger partial charge in [-0.2, -0.15) is 0 Å². The molecule has 1 unspecified atom stereocenters. The third kappa shape index (κ3) is 3.70. The highest BCUT2D eigenvalue weighted by Gasteiger charge is 2.18. The van der Waals surface area contributed by atoms with Gasteiger partial charge >= 0.3 is 5.97 Å². The Morgan fingerprint density at radius 1 is 1.42 bits per heavy atom. The minimum Gasteiger partial charge on any atom is -0.507 e. The van der Waals surface area contributed by atoms with E-state index >= 15 is 0 Å². The van der Waals surface area contributed by atoms with Crippen LogP contribution in [0.3, 0.4) is 0 Å². The number of carbonyl (C=O) groups is 1. The molecule has 4 nitrogen and oxygen atoms in total. The molecule has 1 fully saturated rings. The van der Waals surface area contributed by atoms with E-state index in [4.69, 9.17) is 4.74 Å². The fraction of sp³-hybridized carbons (Fsp3) is 0.533. The number of carbonyl (C=O) groups excluding carboxylic acids is 1. The fourth-order valence-corrected chi connectivity index (χ4v) is 2.41. The standard InChI is InChI=1S/C15H21NO3/c1-10-8-12(9-11(2)15(10)18)5-6-14(17)19-13-4-3-7-16-13/h8-9,13,16,18H,3-7H2,1-2H3. The van der Waals surface area contributed by atoms with Crippen LogP contribution in [0.5, 0.6) is 5.75 Å². The van der Waals surface area contributed by atoms with Gasteiger partial charge in [-0.3, -0.25) is 10.1 Å². The van der Waals surface area contributed by atoms with E-state index in [9.17, 15) is 9.90 Å². The van der Waals surface area contributed by atoms with Gasteiger partial charge in [0, 0.05) is 6.42 Å². The Kier molecular flexibility index (Phi) is 4.43. The first-order chi connectivity index (χ1) is 9.06. The first kappa shape index (κ1) is 13.9. The highest BCUT2D eigenvalue weighted by molar-refractivity contribution is 5.70. The van der Waals surface area contributed by atoms with Crippen molar-refractivity contribution in [3.8, 4) is 5.75 Å². The molecule has 0 aliphatic carbocycles. The Morgan fingerprint density at radius 3 is 2.68 bits per heavy atom. The highest BCUT2D eigenvalue weighted by atomic mass is 16.6. The van der Waals surface area contributed by atoms with Crippen LogP contribution in [0.15, 0.2) is 12.1 Å². The molecule has 1 aromatic rings. The Hall–Kier alpha value is -1.55. The molecule has 4 heteroatoms. The van der Waals surface area contributed by atoms with Gasteiger partial charge in [-0.25, -0.2) is 0 Å². The number of phenols is 1. The molecule has 104 valence electrons. The van der Waals surface area contributed by atoms with E-state index in [0.29, 0.717) is 18.6 Å². The molecule has 1 aromatic carbocycles. The van der Waals surface area contributed by atoms with Gasteiger partial charge in [-0.05, 0) is 56.3 Å². The number of nitrogens with one attached hydrogen (secondary N) is 1. The topological polar surface area (TPSA) is 58.6 Å². The molecule has 1 saturated heterocycles. The number of ether oxygens (including phenoxy) is 1. The molecule has 0 amide bonds. The number of esters is 1. The van der Waals surface area contributed by atoms with E-state index in [2.05, 4.69) is 5.32 Å². The lowest BCUT2D eigenvalue weighted by Crippen LogP contribution is -2.27. The van der Waals surface area contributed by atoms with Crippen LogP contribution in [0.25, 0.3) is 0 Å². The van der Waals surface area contributed by atoms with Crippen molar-refractivity contribution in [2.75, 3.05) is 6.54 Å². The number of hydrogen-bond donors (Lipinski definition) is 2. The zero-order valence-electron chi connectivity index (χ0n) is 11.5. The van der Waals surface area contributed by atoms with Crippen LogP contribution in [0, 0.1) is 13.8 Å². The molecule has 19 heavy (non-hydrogen) atoms. The number of benzene rings is 1. The Balaban J connectivity index is 1.86.